The highest BCUT2D eigenvalue weighted by molar-refractivity contribution is 5.84. The zero-order valence-corrected chi connectivity index (χ0v) is 20.4. The Bertz CT molecular complexity index is 1430. The number of imidazole rings is 1. The average Bonchev–Trinajstić information content (AvgIpc) is 3.65. The number of para-hydroxylation sites is 1. The molecule has 1 amide bonds. The number of carbonyl (C=O) groups is 1. The largest absolute Gasteiger partial charge is 0.416 e. The van der Waals surface area contributed by atoms with Crippen LogP contribution in [0.15, 0.2) is 48.7 Å². The van der Waals surface area contributed by atoms with Gasteiger partial charge in [0.1, 0.15) is 11.9 Å². The van der Waals surface area contributed by atoms with Gasteiger partial charge in [-0.3, -0.25) is 4.79 Å². The first-order valence-electron chi connectivity index (χ1n) is 12.9. The minimum atomic E-state index is -4.42. The van der Waals surface area contributed by atoms with Crippen molar-refractivity contribution in [2.75, 3.05) is 19.7 Å². The standard InChI is InChI=1S/C28H29F3N4O2/c29-28(30,31)19-8-9-24-23(16-19)33-27(25-6-3-15-37-25)35(24)20-11-13-34(14-12-20)26(36)10-7-18-17-32-22-5-2-1-4-21(18)22/h1-2,4-5,8-9,16-17,20,25,32H,3,6-7,10-15H2. The number of amides is 1. The van der Waals surface area contributed by atoms with E-state index in [0.29, 0.717) is 49.4 Å². The van der Waals surface area contributed by atoms with Crippen LogP contribution in [0.1, 0.15) is 61.2 Å². The molecule has 0 radical (unpaired) electrons. The fraction of sp³-hybridized carbons (Fsp3) is 0.429. The normalized spacial score (nSPS) is 19.3. The molecule has 0 bridgehead atoms. The van der Waals surface area contributed by atoms with Crippen molar-refractivity contribution in [3.8, 4) is 0 Å². The average molecular weight is 511 g/mol. The Balaban J connectivity index is 1.18. The molecule has 1 N–H and O–H groups in total. The smallest absolute Gasteiger partial charge is 0.370 e. The molecule has 9 heteroatoms. The number of halogens is 3. The van der Waals surface area contributed by atoms with Crippen LogP contribution in [-0.2, 0) is 22.1 Å². The van der Waals surface area contributed by atoms with E-state index in [-0.39, 0.29) is 18.1 Å². The van der Waals surface area contributed by atoms with Gasteiger partial charge in [-0.05, 0) is 61.9 Å². The SMILES string of the molecule is O=C(CCc1c[nH]c2ccccc12)N1CCC(n2c(C3CCCO3)nc3cc(C(F)(F)F)ccc32)CC1. The van der Waals surface area contributed by atoms with Gasteiger partial charge in [0, 0.05) is 49.3 Å². The van der Waals surface area contributed by atoms with Crippen molar-refractivity contribution in [2.45, 2.75) is 56.8 Å². The molecule has 2 aromatic carbocycles. The molecule has 0 aliphatic carbocycles. The van der Waals surface area contributed by atoms with E-state index in [1.165, 1.54) is 6.07 Å². The number of benzene rings is 2. The van der Waals surface area contributed by atoms with E-state index in [2.05, 4.69) is 20.6 Å². The molecule has 2 saturated heterocycles. The van der Waals surface area contributed by atoms with E-state index in [4.69, 9.17) is 4.74 Å². The maximum absolute atomic E-state index is 13.3. The predicted molar refractivity (Wildman–Crippen MR) is 134 cm³/mol. The zero-order valence-electron chi connectivity index (χ0n) is 20.4. The van der Waals surface area contributed by atoms with E-state index in [9.17, 15) is 18.0 Å². The zero-order chi connectivity index (χ0) is 25.6. The van der Waals surface area contributed by atoms with Gasteiger partial charge < -0.3 is 19.2 Å². The number of hydrogen-bond donors (Lipinski definition) is 1. The summed E-state index contributed by atoms with van der Waals surface area (Å²) in [5, 5.41) is 1.15. The van der Waals surface area contributed by atoms with Gasteiger partial charge in [-0.25, -0.2) is 4.98 Å². The lowest BCUT2D eigenvalue weighted by Gasteiger charge is -2.34. The second kappa shape index (κ2) is 9.52. The molecule has 1 atom stereocenters. The number of H-pyrrole nitrogens is 1. The third-order valence-electron chi connectivity index (χ3n) is 7.73. The first kappa shape index (κ1) is 24.0. The molecule has 4 heterocycles. The number of hydrogen-bond acceptors (Lipinski definition) is 3. The van der Waals surface area contributed by atoms with Crippen LogP contribution in [0.4, 0.5) is 13.2 Å². The van der Waals surface area contributed by atoms with Crippen LogP contribution >= 0.6 is 0 Å². The van der Waals surface area contributed by atoms with Crippen LogP contribution in [0.2, 0.25) is 0 Å². The number of ether oxygens (including phenoxy) is 1. The van der Waals surface area contributed by atoms with Crippen LogP contribution in [-0.4, -0.2) is 45.0 Å². The van der Waals surface area contributed by atoms with Crippen molar-refractivity contribution in [3.05, 3.63) is 65.6 Å². The third-order valence-corrected chi connectivity index (χ3v) is 7.73. The topological polar surface area (TPSA) is 63.2 Å². The van der Waals surface area contributed by atoms with E-state index in [1.807, 2.05) is 29.3 Å². The second-order valence-corrected chi connectivity index (χ2v) is 10.0. The Morgan fingerprint density at radius 2 is 1.92 bits per heavy atom. The molecular formula is C28H29F3N4O2. The maximum atomic E-state index is 13.3. The number of piperidine rings is 1. The number of alkyl halides is 3. The highest BCUT2D eigenvalue weighted by Crippen LogP contribution is 2.38. The Kier molecular flexibility index (Phi) is 6.18. The lowest BCUT2D eigenvalue weighted by atomic mass is 10.0. The summed E-state index contributed by atoms with van der Waals surface area (Å²) in [7, 11) is 0. The highest BCUT2D eigenvalue weighted by Gasteiger charge is 2.34. The molecule has 194 valence electrons. The minimum Gasteiger partial charge on any atom is -0.370 e. The van der Waals surface area contributed by atoms with E-state index >= 15 is 0 Å². The van der Waals surface area contributed by atoms with Gasteiger partial charge in [0.2, 0.25) is 5.91 Å². The fourth-order valence-corrected chi connectivity index (χ4v) is 5.80. The maximum Gasteiger partial charge on any atom is 0.416 e. The Labute approximate surface area is 212 Å². The third kappa shape index (κ3) is 4.61. The van der Waals surface area contributed by atoms with Crippen molar-refractivity contribution < 1.29 is 22.7 Å². The first-order valence-corrected chi connectivity index (χ1v) is 12.9. The lowest BCUT2D eigenvalue weighted by Crippen LogP contribution is -2.39. The molecule has 4 aromatic rings. The number of likely N-dealkylation sites (tertiary alicyclic amines) is 1. The molecule has 37 heavy (non-hydrogen) atoms. The summed E-state index contributed by atoms with van der Waals surface area (Å²) < 4.78 is 48.0. The van der Waals surface area contributed by atoms with Crippen molar-refractivity contribution in [1.82, 2.24) is 19.4 Å². The number of carbonyl (C=O) groups excluding carboxylic acids is 1. The van der Waals surface area contributed by atoms with Crippen LogP contribution < -0.4 is 0 Å². The monoisotopic (exact) mass is 510 g/mol. The predicted octanol–water partition coefficient (Wildman–Crippen LogP) is 6.18. The number of aryl methyl sites for hydroxylation is 1. The van der Waals surface area contributed by atoms with Crippen LogP contribution in [0, 0.1) is 0 Å². The van der Waals surface area contributed by atoms with Gasteiger partial charge in [0.25, 0.3) is 0 Å². The molecule has 2 aliphatic rings. The second-order valence-electron chi connectivity index (χ2n) is 10.0. The van der Waals surface area contributed by atoms with Gasteiger partial charge in [-0.15, -0.1) is 0 Å². The van der Waals surface area contributed by atoms with Gasteiger partial charge in [-0.2, -0.15) is 13.2 Å². The molecule has 6 rings (SSSR count). The van der Waals surface area contributed by atoms with E-state index < -0.39 is 11.7 Å². The number of rotatable bonds is 5. The number of aromatic nitrogens is 3. The summed E-state index contributed by atoms with van der Waals surface area (Å²) in [6.45, 7) is 1.86. The van der Waals surface area contributed by atoms with Crippen molar-refractivity contribution in [1.29, 1.82) is 0 Å². The molecule has 2 aromatic heterocycles. The van der Waals surface area contributed by atoms with Gasteiger partial charge in [-0.1, -0.05) is 18.2 Å². The number of fused-ring (bicyclic) bond motifs is 2. The first-order chi connectivity index (χ1) is 17.9. The Morgan fingerprint density at radius 3 is 2.68 bits per heavy atom. The van der Waals surface area contributed by atoms with E-state index in [1.54, 1.807) is 0 Å². The van der Waals surface area contributed by atoms with Crippen molar-refractivity contribution >= 4 is 27.8 Å². The summed E-state index contributed by atoms with van der Waals surface area (Å²) in [6, 6.07) is 11.9. The molecule has 2 fully saturated rings. The van der Waals surface area contributed by atoms with Crippen LogP contribution in [0.3, 0.4) is 0 Å². The lowest BCUT2D eigenvalue weighted by molar-refractivity contribution is -0.137. The molecule has 0 saturated carbocycles. The van der Waals surface area contributed by atoms with Gasteiger partial charge in [0.05, 0.1) is 16.6 Å². The van der Waals surface area contributed by atoms with Crippen molar-refractivity contribution in [2.24, 2.45) is 0 Å². The Morgan fingerprint density at radius 1 is 1.11 bits per heavy atom. The molecule has 2 aliphatic heterocycles. The van der Waals surface area contributed by atoms with E-state index in [0.717, 1.165) is 54.3 Å². The fourth-order valence-electron chi connectivity index (χ4n) is 5.80. The molecule has 1 unspecified atom stereocenters. The molecule has 6 nitrogen and oxygen atoms in total. The highest BCUT2D eigenvalue weighted by atomic mass is 19.4. The van der Waals surface area contributed by atoms with Crippen molar-refractivity contribution in [3.63, 3.8) is 0 Å². The molecule has 0 spiro atoms. The van der Waals surface area contributed by atoms with Crippen LogP contribution in [0.25, 0.3) is 21.9 Å². The van der Waals surface area contributed by atoms with Gasteiger partial charge >= 0.3 is 6.18 Å². The minimum absolute atomic E-state index is 0.0543. The number of nitrogens with zero attached hydrogens (tertiary/aromatic N) is 3. The van der Waals surface area contributed by atoms with Gasteiger partial charge in [0.15, 0.2) is 0 Å². The summed E-state index contributed by atoms with van der Waals surface area (Å²) in [4.78, 5) is 22.8. The molecular weight excluding hydrogens is 481 g/mol. The summed E-state index contributed by atoms with van der Waals surface area (Å²) in [6.07, 6.45) is 1.65. The number of aromatic amines is 1. The quantitative estimate of drug-likeness (QED) is 0.349. The summed E-state index contributed by atoms with van der Waals surface area (Å²) >= 11 is 0. The van der Waals surface area contributed by atoms with Crippen LogP contribution in [0.5, 0.6) is 0 Å². The summed E-state index contributed by atoms with van der Waals surface area (Å²) in [5.41, 5.74) is 2.56. The summed E-state index contributed by atoms with van der Waals surface area (Å²) in [5.74, 6) is 0.837. The Hall–Kier alpha value is -3.33. The number of nitrogens with one attached hydrogen (secondary N) is 1.